The summed E-state index contributed by atoms with van der Waals surface area (Å²) in [5.41, 5.74) is 2.52. The maximum absolute atomic E-state index is 9.89. The molecule has 2 fully saturated rings. The molecule has 3 unspecified atom stereocenters. The smallest absolute Gasteiger partial charge is 0.0583 e. The lowest BCUT2D eigenvalue weighted by molar-refractivity contribution is 0.123. The lowest BCUT2D eigenvalue weighted by Gasteiger charge is -2.17. The maximum Gasteiger partial charge on any atom is 0.0583 e. The Morgan fingerprint density at radius 3 is 3.00 bits per heavy atom. The summed E-state index contributed by atoms with van der Waals surface area (Å²) in [6, 6.07) is 2.21. The number of aliphatic hydroxyl groups excluding tert-OH is 1. The van der Waals surface area contributed by atoms with Crippen LogP contribution < -0.4 is 0 Å². The lowest BCUT2D eigenvalue weighted by atomic mass is 10.00. The van der Waals surface area contributed by atoms with E-state index in [1.54, 1.807) is 0 Å². The molecule has 92 valence electrons. The van der Waals surface area contributed by atoms with Crippen LogP contribution in [0.15, 0.2) is 18.5 Å². The lowest BCUT2D eigenvalue weighted by Crippen LogP contribution is -2.24. The first-order valence-electron chi connectivity index (χ1n) is 6.53. The van der Waals surface area contributed by atoms with Gasteiger partial charge in [0.1, 0.15) is 0 Å². The number of aromatic nitrogens is 1. The zero-order valence-electron chi connectivity index (χ0n) is 10.3. The molecule has 3 heteroatoms. The number of aliphatic hydroxyl groups is 1. The minimum atomic E-state index is -0.0550. The second kappa shape index (κ2) is 4.39. The van der Waals surface area contributed by atoms with Crippen molar-refractivity contribution in [1.29, 1.82) is 0 Å². The third-order valence-electron chi connectivity index (χ3n) is 4.23. The molecule has 1 saturated heterocycles. The minimum absolute atomic E-state index is 0.0550. The highest BCUT2D eigenvalue weighted by Gasteiger charge is 2.41. The van der Waals surface area contributed by atoms with Gasteiger partial charge in [-0.15, -0.1) is 0 Å². The molecule has 1 aliphatic carbocycles. The normalized spacial score (nSPS) is 32.9. The molecule has 0 spiro atoms. The SMILES string of the molecule is Cc1cncc(CN2CC3CCC(O)C3C2)c1. The van der Waals surface area contributed by atoms with Crippen LogP contribution in [0.3, 0.4) is 0 Å². The summed E-state index contributed by atoms with van der Waals surface area (Å²) in [5.74, 6) is 1.25. The first kappa shape index (κ1) is 11.2. The van der Waals surface area contributed by atoms with Gasteiger partial charge in [-0.2, -0.15) is 0 Å². The van der Waals surface area contributed by atoms with Gasteiger partial charge in [0, 0.05) is 37.9 Å². The summed E-state index contributed by atoms with van der Waals surface area (Å²) in [4.78, 5) is 6.70. The van der Waals surface area contributed by atoms with Crippen molar-refractivity contribution >= 4 is 0 Å². The van der Waals surface area contributed by atoms with E-state index in [-0.39, 0.29) is 6.10 Å². The van der Waals surface area contributed by atoms with Crippen LogP contribution in [0.1, 0.15) is 24.0 Å². The van der Waals surface area contributed by atoms with E-state index in [1.807, 2.05) is 12.4 Å². The molecule has 1 aliphatic heterocycles. The van der Waals surface area contributed by atoms with Gasteiger partial charge in [-0.25, -0.2) is 0 Å². The van der Waals surface area contributed by atoms with E-state index >= 15 is 0 Å². The van der Waals surface area contributed by atoms with Crippen LogP contribution in [0.2, 0.25) is 0 Å². The first-order valence-corrected chi connectivity index (χ1v) is 6.53. The van der Waals surface area contributed by atoms with E-state index < -0.39 is 0 Å². The van der Waals surface area contributed by atoms with Crippen molar-refractivity contribution in [1.82, 2.24) is 9.88 Å². The van der Waals surface area contributed by atoms with E-state index in [0.717, 1.165) is 32.0 Å². The van der Waals surface area contributed by atoms with Crippen LogP contribution in [0.5, 0.6) is 0 Å². The molecular formula is C14H20N2O. The predicted octanol–water partition coefficient (Wildman–Crippen LogP) is 1.59. The number of pyridine rings is 1. The number of aryl methyl sites for hydroxylation is 1. The highest BCUT2D eigenvalue weighted by Crippen LogP contribution is 2.38. The molecule has 1 aromatic rings. The first-order chi connectivity index (χ1) is 8.22. The molecule has 0 radical (unpaired) electrons. The summed E-state index contributed by atoms with van der Waals surface area (Å²) >= 11 is 0. The van der Waals surface area contributed by atoms with Gasteiger partial charge in [-0.05, 0) is 36.8 Å². The Kier molecular flexibility index (Phi) is 2.89. The summed E-state index contributed by atoms with van der Waals surface area (Å²) < 4.78 is 0. The Morgan fingerprint density at radius 1 is 1.35 bits per heavy atom. The van der Waals surface area contributed by atoms with Crippen molar-refractivity contribution in [3.8, 4) is 0 Å². The number of fused-ring (bicyclic) bond motifs is 1. The molecule has 1 aromatic heterocycles. The van der Waals surface area contributed by atoms with Crippen molar-refractivity contribution in [3.63, 3.8) is 0 Å². The Morgan fingerprint density at radius 2 is 2.24 bits per heavy atom. The quantitative estimate of drug-likeness (QED) is 0.841. The van der Waals surface area contributed by atoms with Gasteiger partial charge in [-0.3, -0.25) is 9.88 Å². The van der Waals surface area contributed by atoms with Crippen LogP contribution in [-0.2, 0) is 6.54 Å². The average Bonchev–Trinajstić information content (AvgIpc) is 2.82. The van der Waals surface area contributed by atoms with E-state index in [0.29, 0.717) is 5.92 Å². The predicted molar refractivity (Wildman–Crippen MR) is 66.5 cm³/mol. The largest absolute Gasteiger partial charge is 0.393 e. The van der Waals surface area contributed by atoms with Gasteiger partial charge in [0.15, 0.2) is 0 Å². The monoisotopic (exact) mass is 232 g/mol. The van der Waals surface area contributed by atoms with E-state index in [2.05, 4.69) is 22.9 Å². The molecule has 3 rings (SSSR count). The summed E-state index contributed by atoms with van der Waals surface area (Å²) in [6.45, 7) is 5.27. The molecular weight excluding hydrogens is 212 g/mol. The molecule has 3 nitrogen and oxygen atoms in total. The van der Waals surface area contributed by atoms with Gasteiger partial charge in [0.2, 0.25) is 0 Å². The van der Waals surface area contributed by atoms with Gasteiger partial charge in [0.05, 0.1) is 6.10 Å². The number of likely N-dealkylation sites (tertiary alicyclic amines) is 1. The van der Waals surface area contributed by atoms with E-state index in [9.17, 15) is 5.11 Å². The minimum Gasteiger partial charge on any atom is -0.393 e. The molecule has 2 aliphatic rings. The zero-order valence-corrected chi connectivity index (χ0v) is 10.3. The third kappa shape index (κ3) is 2.22. The number of hydrogen-bond donors (Lipinski definition) is 1. The van der Waals surface area contributed by atoms with Crippen LogP contribution in [0, 0.1) is 18.8 Å². The Hall–Kier alpha value is -0.930. The molecule has 0 bridgehead atoms. The van der Waals surface area contributed by atoms with Crippen LogP contribution in [-0.4, -0.2) is 34.2 Å². The van der Waals surface area contributed by atoms with Crippen molar-refractivity contribution < 1.29 is 5.11 Å². The molecule has 0 aromatic carbocycles. The standard InChI is InChI=1S/C14H20N2O/c1-10-4-11(6-15-5-10)7-16-8-12-2-3-14(17)13(12)9-16/h4-6,12-14,17H,2-3,7-9H2,1H3. The second-order valence-corrected chi connectivity index (χ2v) is 5.63. The molecule has 3 atom stereocenters. The van der Waals surface area contributed by atoms with Crippen molar-refractivity contribution in [3.05, 3.63) is 29.6 Å². The number of hydrogen-bond acceptors (Lipinski definition) is 3. The fourth-order valence-corrected chi connectivity index (χ4v) is 3.42. The van der Waals surface area contributed by atoms with Crippen molar-refractivity contribution in [2.24, 2.45) is 11.8 Å². The Labute approximate surface area is 102 Å². The average molecular weight is 232 g/mol. The topological polar surface area (TPSA) is 36.4 Å². The van der Waals surface area contributed by atoms with Gasteiger partial charge < -0.3 is 5.11 Å². The molecule has 17 heavy (non-hydrogen) atoms. The summed E-state index contributed by atoms with van der Waals surface area (Å²) in [7, 11) is 0. The van der Waals surface area contributed by atoms with Crippen LogP contribution in [0.4, 0.5) is 0 Å². The van der Waals surface area contributed by atoms with Crippen LogP contribution >= 0.6 is 0 Å². The third-order valence-corrected chi connectivity index (χ3v) is 4.23. The molecule has 1 N–H and O–H groups in total. The van der Waals surface area contributed by atoms with Crippen molar-refractivity contribution in [2.45, 2.75) is 32.4 Å². The van der Waals surface area contributed by atoms with E-state index in [4.69, 9.17) is 0 Å². The number of rotatable bonds is 2. The van der Waals surface area contributed by atoms with E-state index in [1.165, 1.54) is 17.5 Å². The van der Waals surface area contributed by atoms with Gasteiger partial charge in [0.25, 0.3) is 0 Å². The van der Waals surface area contributed by atoms with Crippen molar-refractivity contribution in [2.75, 3.05) is 13.1 Å². The number of nitrogens with zero attached hydrogens (tertiary/aromatic N) is 2. The fraction of sp³-hybridized carbons (Fsp3) is 0.643. The molecule has 2 heterocycles. The maximum atomic E-state index is 9.89. The highest BCUT2D eigenvalue weighted by atomic mass is 16.3. The Balaban J connectivity index is 1.64. The zero-order chi connectivity index (χ0) is 11.8. The van der Waals surface area contributed by atoms with Crippen LogP contribution in [0.25, 0.3) is 0 Å². The highest BCUT2D eigenvalue weighted by molar-refractivity contribution is 5.16. The molecule has 1 saturated carbocycles. The second-order valence-electron chi connectivity index (χ2n) is 5.63. The Bertz CT molecular complexity index is 407. The molecule has 0 amide bonds. The van der Waals surface area contributed by atoms with Gasteiger partial charge >= 0.3 is 0 Å². The van der Waals surface area contributed by atoms with Gasteiger partial charge in [-0.1, -0.05) is 6.07 Å². The summed E-state index contributed by atoms with van der Waals surface area (Å²) in [5, 5.41) is 9.89. The summed E-state index contributed by atoms with van der Waals surface area (Å²) in [6.07, 6.45) is 6.01. The fourth-order valence-electron chi connectivity index (χ4n) is 3.42.